The lowest BCUT2D eigenvalue weighted by Crippen LogP contribution is -2.34. The molecule has 3 N–H and O–H groups in total. The van der Waals surface area contributed by atoms with Crippen LogP contribution >= 0.6 is 0 Å². The van der Waals surface area contributed by atoms with Gasteiger partial charge in [-0.25, -0.2) is 13.1 Å². The third-order valence-corrected chi connectivity index (χ3v) is 4.28. The van der Waals surface area contributed by atoms with Crippen LogP contribution in [0.4, 0.5) is 11.4 Å². The fourth-order valence-corrected chi connectivity index (χ4v) is 2.32. The lowest BCUT2D eigenvalue weighted by molar-refractivity contribution is -0.127. The fraction of sp³-hybridized carbons (Fsp3) is 0.417. The van der Waals surface area contributed by atoms with Crippen LogP contribution in [0.15, 0.2) is 23.1 Å². The highest BCUT2D eigenvalue weighted by Crippen LogP contribution is 2.25. The fourth-order valence-electron chi connectivity index (χ4n) is 1.57. The number of amides is 1. The molecule has 0 fully saturated rings. The average Bonchev–Trinajstić information content (AvgIpc) is 2.38. The Morgan fingerprint density at radius 3 is 2.40 bits per heavy atom. The van der Waals surface area contributed by atoms with Gasteiger partial charge in [-0.2, -0.15) is 0 Å². The van der Waals surface area contributed by atoms with Gasteiger partial charge in [0.15, 0.2) is 0 Å². The summed E-state index contributed by atoms with van der Waals surface area (Å²) in [5, 5.41) is 0. The molecule has 0 aliphatic heterocycles. The van der Waals surface area contributed by atoms with E-state index in [1.165, 1.54) is 30.1 Å². The molecule has 0 aliphatic carbocycles. The summed E-state index contributed by atoms with van der Waals surface area (Å²) in [5.74, 6) is -0.103. The van der Waals surface area contributed by atoms with E-state index in [1.807, 2.05) is 0 Å². The Kier molecular flexibility index (Phi) is 4.96. The molecule has 1 aromatic carbocycles. The van der Waals surface area contributed by atoms with Crippen molar-refractivity contribution in [3.63, 3.8) is 0 Å². The molecule has 0 spiro atoms. The molecule has 0 aromatic heterocycles. The van der Waals surface area contributed by atoms with Crippen LogP contribution in [-0.4, -0.2) is 54.0 Å². The highest BCUT2D eigenvalue weighted by Gasteiger charge is 2.16. The van der Waals surface area contributed by atoms with Gasteiger partial charge in [0.1, 0.15) is 0 Å². The minimum atomic E-state index is -3.54. The first kappa shape index (κ1) is 16.3. The normalized spacial score (nSPS) is 11.2. The molecule has 1 aromatic rings. The van der Waals surface area contributed by atoms with Gasteiger partial charge in [0.2, 0.25) is 15.9 Å². The van der Waals surface area contributed by atoms with Crippen LogP contribution in [0, 0.1) is 0 Å². The van der Waals surface area contributed by atoms with Crippen LogP contribution in [-0.2, 0) is 14.8 Å². The molecule has 0 bridgehead atoms. The van der Waals surface area contributed by atoms with Crippen molar-refractivity contribution in [1.82, 2.24) is 9.62 Å². The first-order valence-corrected chi connectivity index (χ1v) is 7.41. The van der Waals surface area contributed by atoms with E-state index < -0.39 is 10.0 Å². The molecule has 8 heteroatoms. The van der Waals surface area contributed by atoms with E-state index in [0.717, 1.165) is 0 Å². The summed E-state index contributed by atoms with van der Waals surface area (Å²) >= 11 is 0. The van der Waals surface area contributed by atoms with Crippen molar-refractivity contribution >= 4 is 27.3 Å². The Morgan fingerprint density at radius 2 is 1.90 bits per heavy atom. The zero-order valence-electron chi connectivity index (χ0n) is 12.0. The molecule has 7 nitrogen and oxygen atoms in total. The van der Waals surface area contributed by atoms with Crippen molar-refractivity contribution in [2.24, 2.45) is 0 Å². The number of nitrogens with zero attached hydrogens (tertiary/aromatic N) is 2. The molecule has 0 saturated carbocycles. The molecule has 20 heavy (non-hydrogen) atoms. The number of likely N-dealkylation sites (N-methyl/N-ethyl adjacent to an activating group) is 2. The molecule has 0 saturated heterocycles. The van der Waals surface area contributed by atoms with E-state index in [9.17, 15) is 13.2 Å². The van der Waals surface area contributed by atoms with Gasteiger partial charge < -0.3 is 15.5 Å². The van der Waals surface area contributed by atoms with Crippen molar-refractivity contribution in [1.29, 1.82) is 0 Å². The van der Waals surface area contributed by atoms with Crippen LogP contribution in [0.5, 0.6) is 0 Å². The monoisotopic (exact) mass is 300 g/mol. The molecule has 0 aliphatic rings. The number of carbonyl (C=O) groups is 1. The number of hydrogen-bond donors (Lipinski definition) is 2. The third kappa shape index (κ3) is 3.61. The van der Waals surface area contributed by atoms with Gasteiger partial charge in [-0.15, -0.1) is 0 Å². The predicted molar refractivity (Wildman–Crippen MR) is 79.1 cm³/mol. The van der Waals surface area contributed by atoms with Crippen molar-refractivity contribution in [2.75, 3.05) is 45.4 Å². The molecular formula is C12H20N4O3S. The molecule has 0 heterocycles. The molecule has 0 atom stereocenters. The first-order valence-electron chi connectivity index (χ1n) is 5.93. The maximum atomic E-state index is 11.8. The van der Waals surface area contributed by atoms with Gasteiger partial charge in [0.25, 0.3) is 0 Å². The second-order valence-electron chi connectivity index (χ2n) is 4.57. The Labute approximate surface area is 119 Å². The average molecular weight is 300 g/mol. The quantitative estimate of drug-likeness (QED) is 0.728. The number of hydrogen-bond acceptors (Lipinski definition) is 5. The SMILES string of the molecule is CNS(=O)(=O)c1ccc(N)c(N(C)CC(=O)N(C)C)c1. The molecule has 112 valence electrons. The Morgan fingerprint density at radius 1 is 1.30 bits per heavy atom. The molecule has 1 rings (SSSR count). The number of nitrogen functional groups attached to an aromatic ring is 1. The van der Waals surface area contributed by atoms with Crippen LogP contribution in [0.2, 0.25) is 0 Å². The maximum Gasteiger partial charge on any atom is 0.241 e. The van der Waals surface area contributed by atoms with Gasteiger partial charge in [0, 0.05) is 21.1 Å². The lowest BCUT2D eigenvalue weighted by atomic mass is 10.2. The van der Waals surface area contributed by atoms with E-state index >= 15 is 0 Å². The molecule has 0 radical (unpaired) electrons. The Balaban J connectivity index is 3.12. The number of benzene rings is 1. The molecular weight excluding hydrogens is 280 g/mol. The third-order valence-electron chi connectivity index (χ3n) is 2.86. The minimum absolute atomic E-state index is 0.103. The highest BCUT2D eigenvalue weighted by atomic mass is 32.2. The standard InChI is InChI=1S/C12H20N4O3S/c1-14-20(18,19)9-5-6-10(13)11(7-9)16(4)8-12(17)15(2)3/h5-7,14H,8,13H2,1-4H3. The van der Waals surface area contributed by atoms with Gasteiger partial charge in [-0.1, -0.05) is 0 Å². The Hall–Kier alpha value is -1.80. The zero-order valence-corrected chi connectivity index (χ0v) is 12.9. The summed E-state index contributed by atoms with van der Waals surface area (Å²) in [5.41, 5.74) is 6.75. The summed E-state index contributed by atoms with van der Waals surface area (Å²) in [6, 6.07) is 4.38. The van der Waals surface area contributed by atoms with E-state index in [0.29, 0.717) is 11.4 Å². The summed E-state index contributed by atoms with van der Waals surface area (Å²) in [4.78, 5) is 14.9. The van der Waals surface area contributed by atoms with Gasteiger partial charge >= 0.3 is 0 Å². The molecule has 0 unspecified atom stereocenters. The summed E-state index contributed by atoms with van der Waals surface area (Å²) in [6.07, 6.45) is 0. The van der Waals surface area contributed by atoms with Crippen molar-refractivity contribution in [3.8, 4) is 0 Å². The van der Waals surface area contributed by atoms with Crippen LogP contribution in [0.3, 0.4) is 0 Å². The predicted octanol–water partition coefficient (Wildman–Crippen LogP) is -0.299. The van der Waals surface area contributed by atoms with Crippen molar-refractivity contribution in [2.45, 2.75) is 4.90 Å². The van der Waals surface area contributed by atoms with E-state index in [1.54, 1.807) is 26.0 Å². The summed E-state index contributed by atoms with van der Waals surface area (Å²) < 4.78 is 25.8. The van der Waals surface area contributed by atoms with E-state index in [4.69, 9.17) is 5.73 Å². The smallest absolute Gasteiger partial charge is 0.241 e. The number of sulfonamides is 1. The first-order chi connectivity index (χ1) is 9.19. The number of anilines is 2. The second kappa shape index (κ2) is 6.10. The van der Waals surface area contributed by atoms with Crippen molar-refractivity contribution < 1.29 is 13.2 Å². The lowest BCUT2D eigenvalue weighted by Gasteiger charge is -2.23. The topological polar surface area (TPSA) is 95.7 Å². The zero-order chi connectivity index (χ0) is 15.5. The number of rotatable bonds is 5. The number of nitrogens with one attached hydrogen (secondary N) is 1. The van der Waals surface area contributed by atoms with Crippen LogP contribution in [0.1, 0.15) is 0 Å². The van der Waals surface area contributed by atoms with E-state index in [-0.39, 0.29) is 17.3 Å². The summed E-state index contributed by atoms with van der Waals surface area (Å²) in [7, 11) is 2.79. The van der Waals surface area contributed by atoms with Gasteiger partial charge in [-0.05, 0) is 25.2 Å². The Bertz CT molecular complexity index is 599. The molecule has 1 amide bonds. The highest BCUT2D eigenvalue weighted by molar-refractivity contribution is 7.89. The number of nitrogens with two attached hydrogens (primary N) is 1. The second-order valence-corrected chi connectivity index (χ2v) is 6.46. The van der Waals surface area contributed by atoms with Gasteiger partial charge in [-0.3, -0.25) is 4.79 Å². The maximum absolute atomic E-state index is 11.8. The minimum Gasteiger partial charge on any atom is -0.397 e. The van der Waals surface area contributed by atoms with E-state index in [2.05, 4.69) is 4.72 Å². The van der Waals surface area contributed by atoms with Crippen LogP contribution < -0.4 is 15.4 Å². The largest absolute Gasteiger partial charge is 0.397 e. The summed E-state index contributed by atoms with van der Waals surface area (Å²) in [6.45, 7) is 0.111. The number of carbonyl (C=O) groups excluding carboxylic acids is 1. The van der Waals surface area contributed by atoms with Gasteiger partial charge in [0.05, 0.1) is 22.8 Å². The van der Waals surface area contributed by atoms with Crippen molar-refractivity contribution in [3.05, 3.63) is 18.2 Å². The van der Waals surface area contributed by atoms with Crippen LogP contribution in [0.25, 0.3) is 0 Å².